The van der Waals surface area contributed by atoms with Crippen molar-refractivity contribution in [3.05, 3.63) is 169 Å². The molecule has 0 fully saturated rings. The van der Waals surface area contributed by atoms with Crippen molar-refractivity contribution >= 4 is 43.6 Å². The van der Waals surface area contributed by atoms with Crippen LogP contribution in [0.25, 0.3) is 77.2 Å². The highest BCUT2D eigenvalue weighted by Gasteiger charge is 2.19. The highest BCUT2D eigenvalue weighted by atomic mass is 15.0. The first-order valence-corrected chi connectivity index (χ1v) is 15.9. The summed E-state index contributed by atoms with van der Waals surface area (Å²) in [4.78, 5) is 0. The van der Waals surface area contributed by atoms with Gasteiger partial charge in [-0.15, -0.1) is 0 Å². The van der Waals surface area contributed by atoms with Crippen LogP contribution in [-0.4, -0.2) is 9.13 Å². The number of hydrogen-bond acceptors (Lipinski definition) is 2. The maximum absolute atomic E-state index is 10.4. The van der Waals surface area contributed by atoms with E-state index in [0.29, 0.717) is 11.1 Å². The van der Waals surface area contributed by atoms with Crippen LogP contribution in [-0.2, 0) is 0 Å². The van der Waals surface area contributed by atoms with Crippen molar-refractivity contribution in [2.75, 3.05) is 0 Å². The molecular formula is C44H26N4. The lowest BCUT2D eigenvalue weighted by atomic mass is 9.96. The van der Waals surface area contributed by atoms with Crippen LogP contribution in [0.5, 0.6) is 0 Å². The summed E-state index contributed by atoms with van der Waals surface area (Å²) in [6.07, 6.45) is 0. The Hall–Kier alpha value is -6.88. The second-order valence-corrected chi connectivity index (χ2v) is 12.0. The number of rotatable bonds is 4. The first-order chi connectivity index (χ1) is 23.7. The van der Waals surface area contributed by atoms with Crippen LogP contribution >= 0.6 is 0 Å². The quantitative estimate of drug-likeness (QED) is 0.199. The van der Waals surface area contributed by atoms with Crippen molar-refractivity contribution < 1.29 is 0 Å². The fourth-order valence-electron chi connectivity index (χ4n) is 7.35. The third kappa shape index (κ3) is 4.07. The van der Waals surface area contributed by atoms with Crippen molar-refractivity contribution in [2.45, 2.75) is 0 Å². The smallest absolute Gasteiger partial charge is 0.101 e. The van der Waals surface area contributed by atoms with Crippen molar-refractivity contribution in [3.63, 3.8) is 0 Å². The molecule has 0 radical (unpaired) electrons. The van der Waals surface area contributed by atoms with Gasteiger partial charge in [0.2, 0.25) is 0 Å². The van der Waals surface area contributed by atoms with Crippen LogP contribution < -0.4 is 0 Å². The van der Waals surface area contributed by atoms with Gasteiger partial charge in [0.05, 0.1) is 45.0 Å². The van der Waals surface area contributed by atoms with Crippen molar-refractivity contribution in [3.8, 4) is 45.8 Å². The van der Waals surface area contributed by atoms with Crippen LogP contribution in [0.4, 0.5) is 0 Å². The molecule has 0 aliphatic heterocycles. The van der Waals surface area contributed by atoms with E-state index in [1.165, 1.54) is 0 Å². The third-order valence-electron chi connectivity index (χ3n) is 9.39. The van der Waals surface area contributed by atoms with Gasteiger partial charge in [-0.2, -0.15) is 10.5 Å². The molecule has 0 aliphatic rings. The summed E-state index contributed by atoms with van der Waals surface area (Å²) in [6, 6.07) is 59.0. The molecule has 0 spiro atoms. The SMILES string of the molecule is N#Cc1cccc(-c2cccc(-c3cccc(-n4c5ccccc5c5c(C#N)cccc54)c3)c2)c1-n1c2ccccc2c2ccccc21. The topological polar surface area (TPSA) is 57.4 Å². The highest BCUT2D eigenvalue weighted by molar-refractivity contribution is 6.12. The molecule has 0 aliphatic carbocycles. The summed E-state index contributed by atoms with van der Waals surface area (Å²) in [6.45, 7) is 0. The Bertz CT molecular complexity index is 2760. The Morgan fingerprint density at radius 3 is 1.62 bits per heavy atom. The predicted octanol–water partition coefficient (Wildman–Crippen LogP) is 11.0. The maximum atomic E-state index is 10.4. The third-order valence-corrected chi connectivity index (χ3v) is 9.39. The van der Waals surface area contributed by atoms with Crippen LogP contribution in [0.15, 0.2) is 158 Å². The normalized spacial score (nSPS) is 11.3. The lowest BCUT2D eigenvalue weighted by Gasteiger charge is -2.16. The van der Waals surface area contributed by atoms with E-state index in [4.69, 9.17) is 0 Å². The van der Waals surface area contributed by atoms with Crippen LogP contribution in [0.1, 0.15) is 11.1 Å². The van der Waals surface area contributed by atoms with Crippen molar-refractivity contribution in [2.24, 2.45) is 0 Å². The second-order valence-electron chi connectivity index (χ2n) is 12.0. The van der Waals surface area contributed by atoms with Gasteiger partial charge in [0.25, 0.3) is 0 Å². The summed E-state index contributed by atoms with van der Waals surface area (Å²) < 4.78 is 4.49. The molecule has 9 aromatic rings. The first kappa shape index (κ1) is 27.4. The average Bonchev–Trinajstić information content (AvgIpc) is 3.68. The van der Waals surface area contributed by atoms with Gasteiger partial charge < -0.3 is 9.13 Å². The average molecular weight is 611 g/mol. The van der Waals surface area contributed by atoms with Crippen LogP contribution in [0.2, 0.25) is 0 Å². The van der Waals surface area contributed by atoms with Gasteiger partial charge in [-0.1, -0.05) is 103 Å². The Morgan fingerprint density at radius 2 is 0.917 bits per heavy atom. The lowest BCUT2D eigenvalue weighted by Crippen LogP contribution is -2.01. The fraction of sp³-hybridized carbons (Fsp3) is 0. The number of benzene rings is 7. The van der Waals surface area contributed by atoms with E-state index in [0.717, 1.165) is 77.2 Å². The zero-order valence-corrected chi connectivity index (χ0v) is 25.8. The number of nitriles is 2. The number of aromatic nitrogens is 2. The van der Waals surface area contributed by atoms with Gasteiger partial charge in [0.15, 0.2) is 0 Å². The minimum absolute atomic E-state index is 0.620. The van der Waals surface area contributed by atoms with E-state index in [2.05, 4.69) is 143 Å². The Kier molecular flexibility index (Phi) is 6.22. The summed E-state index contributed by atoms with van der Waals surface area (Å²) in [5.41, 5.74) is 11.6. The summed E-state index contributed by atoms with van der Waals surface area (Å²) >= 11 is 0. The predicted molar refractivity (Wildman–Crippen MR) is 195 cm³/mol. The van der Waals surface area contributed by atoms with Crippen molar-refractivity contribution in [1.29, 1.82) is 10.5 Å². The zero-order chi connectivity index (χ0) is 32.2. The second kappa shape index (κ2) is 10.9. The van der Waals surface area contributed by atoms with E-state index in [1.54, 1.807) is 0 Å². The summed E-state index contributed by atoms with van der Waals surface area (Å²) in [5, 5.41) is 24.7. The summed E-state index contributed by atoms with van der Waals surface area (Å²) in [7, 11) is 0. The largest absolute Gasteiger partial charge is 0.309 e. The molecule has 48 heavy (non-hydrogen) atoms. The van der Waals surface area contributed by atoms with Gasteiger partial charge >= 0.3 is 0 Å². The maximum Gasteiger partial charge on any atom is 0.101 e. The molecule has 7 aromatic carbocycles. The van der Waals surface area contributed by atoms with Crippen LogP contribution in [0, 0.1) is 22.7 Å². The lowest BCUT2D eigenvalue weighted by molar-refractivity contribution is 1.17. The molecule has 2 heterocycles. The highest BCUT2D eigenvalue weighted by Crippen LogP contribution is 2.39. The standard InChI is InChI=1S/C44H26N4/c45-27-32-14-10-24-42-43(32)38-19-3-6-23-41(38)47(42)34-16-8-12-30(26-34)29-11-7-13-31(25-29)35-20-9-15-33(28-46)44(35)48-39-21-4-1-17-36(39)37-18-2-5-22-40(37)48/h1-26H. The molecule has 4 nitrogen and oxygen atoms in total. The van der Waals surface area contributed by atoms with E-state index in [-0.39, 0.29) is 0 Å². The number of para-hydroxylation sites is 4. The van der Waals surface area contributed by atoms with E-state index in [1.807, 2.05) is 36.4 Å². The van der Waals surface area contributed by atoms with E-state index >= 15 is 0 Å². The monoisotopic (exact) mass is 610 g/mol. The van der Waals surface area contributed by atoms with Crippen molar-refractivity contribution in [1.82, 2.24) is 9.13 Å². The molecule has 2 aromatic heterocycles. The molecule has 0 unspecified atom stereocenters. The Labute approximate surface area is 277 Å². The Balaban J connectivity index is 1.23. The molecule has 0 N–H and O–H groups in total. The molecule has 222 valence electrons. The molecule has 4 heteroatoms. The van der Waals surface area contributed by atoms with E-state index < -0.39 is 0 Å². The number of fused-ring (bicyclic) bond motifs is 6. The fourth-order valence-corrected chi connectivity index (χ4v) is 7.35. The molecular weight excluding hydrogens is 585 g/mol. The molecule has 0 saturated heterocycles. The van der Waals surface area contributed by atoms with Gasteiger partial charge in [-0.3, -0.25) is 0 Å². The zero-order valence-electron chi connectivity index (χ0n) is 25.8. The molecule has 9 rings (SSSR count). The van der Waals surface area contributed by atoms with Gasteiger partial charge in [-0.05, 0) is 71.3 Å². The molecule has 0 bridgehead atoms. The minimum atomic E-state index is 0.620. The molecule has 0 atom stereocenters. The molecule has 0 saturated carbocycles. The van der Waals surface area contributed by atoms with Gasteiger partial charge in [-0.25, -0.2) is 0 Å². The first-order valence-electron chi connectivity index (χ1n) is 15.9. The minimum Gasteiger partial charge on any atom is -0.309 e. The summed E-state index contributed by atoms with van der Waals surface area (Å²) in [5.74, 6) is 0. The number of hydrogen-bond donors (Lipinski definition) is 0. The molecule has 0 amide bonds. The Morgan fingerprint density at radius 1 is 0.396 bits per heavy atom. The van der Waals surface area contributed by atoms with Gasteiger partial charge in [0.1, 0.15) is 6.07 Å². The van der Waals surface area contributed by atoms with Gasteiger partial charge in [0, 0.05) is 32.8 Å². The van der Waals surface area contributed by atoms with Crippen LogP contribution in [0.3, 0.4) is 0 Å². The number of nitrogens with zero attached hydrogens (tertiary/aromatic N) is 4. The van der Waals surface area contributed by atoms with E-state index in [9.17, 15) is 10.5 Å².